The van der Waals surface area contributed by atoms with E-state index in [0.29, 0.717) is 17.5 Å². The van der Waals surface area contributed by atoms with E-state index in [9.17, 15) is 8.42 Å². The second kappa shape index (κ2) is 8.01. The highest BCUT2D eigenvalue weighted by atomic mass is 32.2. The van der Waals surface area contributed by atoms with E-state index in [1.807, 2.05) is 13.0 Å². The van der Waals surface area contributed by atoms with Crippen LogP contribution in [0.25, 0.3) is 0 Å². The number of hydrogen-bond acceptors (Lipinski definition) is 5. The van der Waals surface area contributed by atoms with Gasteiger partial charge in [0, 0.05) is 11.6 Å². The van der Waals surface area contributed by atoms with E-state index in [2.05, 4.69) is 23.7 Å². The van der Waals surface area contributed by atoms with Crippen LogP contribution in [0.2, 0.25) is 0 Å². The summed E-state index contributed by atoms with van der Waals surface area (Å²) in [5.41, 5.74) is 3.62. The molecule has 1 aliphatic rings. The van der Waals surface area contributed by atoms with Crippen LogP contribution < -0.4 is 14.2 Å². The van der Waals surface area contributed by atoms with Gasteiger partial charge in [-0.25, -0.2) is 8.42 Å². The van der Waals surface area contributed by atoms with Gasteiger partial charge in [-0.3, -0.25) is 4.72 Å². The monoisotopic (exact) mass is 404 g/mol. The molecule has 3 rings (SSSR count). The van der Waals surface area contributed by atoms with Crippen molar-refractivity contribution in [2.75, 3.05) is 33.0 Å². The molecule has 0 saturated heterocycles. The summed E-state index contributed by atoms with van der Waals surface area (Å²) in [7, 11) is 3.48. The molecule has 0 heterocycles. The highest BCUT2D eigenvalue weighted by molar-refractivity contribution is 7.92. The van der Waals surface area contributed by atoms with Crippen LogP contribution >= 0.6 is 0 Å². The maximum atomic E-state index is 13.1. The first kappa shape index (κ1) is 20.5. The Morgan fingerprint density at radius 1 is 1.04 bits per heavy atom. The molecule has 0 amide bonds. The number of anilines is 1. The predicted octanol–water partition coefficient (Wildman–Crippen LogP) is 3.23. The van der Waals surface area contributed by atoms with Crippen molar-refractivity contribution >= 4 is 15.7 Å². The zero-order valence-corrected chi connectivity index (χ0v) is 17.9. The van der Waals surface area contributed by atoms with E-state index in [0.717, 1.165) is 41.7 Å². The molecule has 0 unspecified atom stereocenters. The lowest BCUT2D eigenvalue weighted by atomic mass is 9.86. The van der Waals surface area contributed by atoms with E-state index < -0.39 is 10.0 Å². The Kier molecular flexibility index (Phi) is 5.86. The molecule has 1 atom stereocenters. The third-order valence-electron chi connectivity index (χ3n) is 5.36. The molecule has 2 aromatic carbocycles. The summed E-state index contributed by atoms with van der Waals surface area (Å²) < 4.78 is 39.8. The zero-order valence-electron chi connectivity index (χ0n) is 17.1. The van der Waals surface area contributed by atoms with Gasteiger partial charge in [-0.2, -0.15) is 0 Å². The summed E-state index contributed by atoms with van der Waals surface area (Å²) >= 11 is 0. The SMILES string of the molecule is COc1cc(C)ccc1S(=O)(=O)Nc1ccc(OC)c2c1CC[C@H](N(C)C)C2. The van der Waals surface area contributed by atoms with Crippen molar-refractivity contribution in [1.29, 1.82) is 0 Å². The molecule has 0 fully saturated rings. The minimum atomic E-state index is -3.78. The van der Waals surface area contributed by atoms with Crippen LogP contribution in [-0.2, 0) is 22.9 Å². The largest absolute Gasteiger partial charge is 0.496 e. The Morgan fingerprint density at radius 2 is 1.75 bits per heavy atom. The number of likely N-dealkylation sites (N-methyl/N-ethyl adjacent to an activating group) is 1. The van der Waals surface area contributed by atoms with Gasteiger partial charge in [-0.1, -0.05) is 6.07 Å². The maximum Gasteiger partial charge on any atom is 0.265 e. The first-order chi connectivity index (χ1) is 13.3. The quantitative estimate of drug-likeness (QED) is 0.801. The van der Waals surface area contributed by atoms with Gasteiger partial charge in [0.05, 0.1) is 19.9 Å². The average Bonchev–Trinajstić information content (AvgIpc) is 2.67. The highest BCUT2D eigenvalue weighted by Gasteiger charge is 2.27. The summed E-state index contributed by atoms with van der Waals surface area (Å²) in [5.74, 6) is 1.14. The molecular weight excluding hydrogens is 376 g/mol. The number of methoxy groups -OCH3 is 2. The zero-order chi connectivity index (χ0) is 20.5. The molecule has 0 bridgehead atoms. The average molecular weight is 405 g/mol. The van der Waals surface area contributed by atoms with Crippen LogP contribution in [-0.4, -0.2) is 47.7 Å². The number of benzene rings is 2. The molecule has 152 valence electrons. The van der Waals surface area contributed by atoms with Gasteiger partial charge >= 0.3 is 0 Å². The summed E-state index contributed by atoms with van der Waals surface area (Å²) in [6.07, 6.45) is 2.59. The van der Waals surface area contributed by atoms with Gasteiger partial charge in [0.1, 0.15) is 16.4 Å². The topological polar surface area (TPSA) is 67.9 Å². The number of nitrogens with one attached hydrogen (secondary N) is 1. The Balaban J connectivity index is 2.01. The lowest BCUT2D eigenvalue weighted by molar-refractivity contribution is 0.265. The lowest BCUT2D eigenvalue weighted by Crippen LogP contribution is -2.34. The number of fused-ring (bicyclic) bond motifs is 1. The third-order valence-corrected chi connectivity index (χ3v) is 6.76. The highest BCUT2D eigenvalue weighted by Crippen LogP contribution is 2.37. The fourth-order valence-electron chi connectivity index (χ4n) is 3.75. The van der Waals surface area contributed by atoms with E-state index >= 15 is 0 Å². The van der Waals surface area contributed by atoms with Crippen molar-refractivity contribution in [3.8, 4) is 11.5 Å². The van der Waals surface area contributed by atoms with Crippen molar-refractivity contribution < 1.29 is 17.9 Å². The third kappa shape index (κ3) is 3.95. The van der Waals surface area contributed by atoms with Gasteiger partial charge in [0.15, 0.2) is 0 Å². The van der Waals surface area contributed by atoms with Crippen LogP contribution in [0.15, 0.2) is 35.2 Å². The number of sulfonamides is 1. The Bertz CT molecular complexity index is 971. The van der Waals surface area contributed by atoms with Crippen LogP contribution in [0.1, 0.15) is 23.1 Å². The number of rotatable bonds is 6. The molecule has 2 aromatic rings. The summed E-state index contributed by atoms with van der Waals surface area (Å²) in [4.78, 5) is 2.34. The molecule has 0 aliphatic heterocycles. The number of ether oxygens (including phenoxy) is 2. The van der Waals surface area contributed by atoms with E-state index in [1.165, 1.54) is 7.11 Å². The minimum Gasteiger partial charge on any atom is -0.496 e. The fourth-order valence-corrected chi connectivity index (χ4v) is 5.00. The van der Waals surface area contributed by atoms with E-state index in [-0.39, 0.29) is 4.90 Å². The van der Waals surface area contributed by atoms with Crippen LogP contribution in [0.3, 0.4) is 0 Å². The minimum absolute atomic E-state index is 0.132. The molecule has 0 spiro atoms. The Hall–Kier alpha value is -2.25. The Labute approximate surface area is 167 Å². The molecular formula is C21H28N2O4S. The summed E-state index contributed by atoms with van der Waals surface area (Å²) in [5, 5.41) is 0. The first-order valence-corrected chi connectivity index (χ1v) is 10.8. The molecule has 0 aromatic heterocycles. The molecule has 6 nitrogen and oxygen atoms in total. The van der Waals surface area contributed by atoms with Crippen LogP contribution in [0, 0.1) is 6.92 Å². The number of nitrogens with zero attached hydrogens (tertiary/aromatic N) is 1. The fraction of sp³-hybridized carbons (Fsp3) is 0.429. The maximum absolute atomic E-state index is 13.1. The number of aryl methyl sites for hydroxylation is 1. The van der Waals surface area contributed by atoms with Crippen molar-refractivity contribution in [3.05, 3.63) is 47.0 Å². The molecule has 1 aliphatic carbocycles. The van der Waals surface area contributed by atoms with Gasteiger partial charge in [-0.15, -0.1) is 0 Å². The standard InChI is InChI=1S/C21H28N2O4S/c1-14-6-11-21(20(12-14)27-5)28(24,25)22-18-9-10-19(26-4)17-13-15(23(2)3)7-8-16(17)18/h6,9-12,15,22H,7-8,13H2,1-5H3/t15-/m0/s1. The van der Waals surface area contributed by atoms with Crippen LogP contribution in [0.5, 0.6) is 11.5 Å². The normalized spacial score (nSPS) is 16.6. The molecule has 0 saturated carbocycles. The van der Waals surface area contributed by atoms with Gasteiger partial charge in [-0.05, 0) is 75.7 Å². The van der Waals surface area contributed by atoms with Gasteiger partial charge < -0.3 is 14.4 Å². The number of hydrogen-bond donors (Lipinski definition) is 1. The van der Waals surface area contributed by atoms with Gasteiger partial charge in [0.25, 0.3) is 10.0 Å². The molecule has 1 N–H and O–H groups in total. The first-order valence-electron chi connectivity index (χ1n) is 9.29. The smallest absolute Gasteiger partial charge is 0.265 e. The summed E-state index contributed by atoms with van der Waals surface area (Å²) in [6, 6.07) is 9.09. The van der Waals surface area contributed by atoms with E-state index in [4.69, 9.17) is 9.47 Å². The Morgan fingerprint density at radius 3 is 2.39 bits per heavy atom. The van der Waals surface area contributed by atoms with Crippen LogP contribution in [0.4, 0.5) is 5.69 Å². The van der Waals surface area contributed by atoms with Gasteiger partial charge in [0.2, 0.25) is 0 Å². The van der Waals surface area contributed by atoms with Crippen molar-refractivity contribution in [3.63, 3.8) is 0 Å². The second-order valence-corrected chi connectivity index (χ2v) is 9.04. The van der Waals surface area contributed by atoms with Crippen molar-refractivity contribution in [2.45, 2.75) is 37.1 Å². The van der Waals surface area contributed by atoms with E-state index in [1.54, 1.807) is 31.4 Å². The summed E-state index contributed by atoms with van der Waals surface area (Å²) in [6.45, 7) is 1.90. The molecule has 0 radical (unpaired) electrons. The van der Waals surface area contributed by atoms with Crippen molar-refractivity contribution in [2.24, 2.45) is 0 Å². The van der Waals surface area contributed by atoms with Crippen molar-refractivity contribution in [1.82, 2.24) is 4.90 Å². The predicted molar refractivity (Wildman–Crippen MR) is 111 cm³/mol. The molecule has 7 heteroatoms. The molecule has 28 heavy (non-hydrogen) atoms. The second-order valence-electron chi connectivity index (χ2n) is 7.39. The lowest BCUT2D eigenvalue weighted by Gasteiger charge is -2.32.